The fourth-order valence-corrected chi connectivity index (χ4v) is 3.69. The molecule has 1 heterocycles. The van der Waals surface area contributed by atoms with Crippen LogP contribution in [0.1, 0.15) is 38.7 Å². The van der Waals surface area contributed by atoms with Gasteiger partial charge in [0.25, 0.3) is 0 Å². The number of nitrogens with one attached hydrogen (secondary N) is 1. The molecule has 1 fully saturated rings. The molecule has 0 aromatic heterocycles. The molecule has 0 saturated carbocycles. The minimum Gasteiger partial charge on any atom is -0.593 e. The maximum absolute atomic E-state index is 12.6. The number of benzene rings is 1. The molecule has 2 rings (SSSR count). The van der Waals surface area contributed by atoms with Gasteiger partial charge in [-0.2, -0.15) is 0 Å². The normalized spacial score (nSPS) is 19.3. The van der Waals surface area contributed by atoms with Gasteiger partial charge in [0.1, 0.15) is 0 Å². The molecule has 0 bridgehead atoms. The van der Waals surface area contributed by atoms with Gasteiger partial charge in [-0.05, 0) is 45.7 Å². The van der Waals surface area contributed by atoms with Gasteiger partial charge in [0.05, 0.1) is 30.6 Å². The highest BCUT2D eigenvalue weighted by molar-refractivity contribution is 7.89. The van der Waals surface area contributed by atoms with Crippen LogP contribution in [0.2, 0.25) is 0 Å². The van der Waals surface area contributed by atoms with E-state index in [-0.39, 0.29) is 11.6 Å². The lowest BCUT2D eigenvalue weighted by Crippen LogP contribution is -2.37. The highest BCUT2D eigenvalue weighted by Gasteiger charge is 2.32. The van der Waals surface area contributed by atoms with Crippen molar-refractivity contribution in [2.45, 2.75) is 56.8 Å². The summed E-state index contributed by atoms with van der Waals surface area (Å²) in [6.07, 6.45) is 3.41. The summed E-state index contributed by atoms with van der Waals surface area (Å²) in [4.78, 5) is 11.7. The highest BCUT2D eigenvalue weighted by Crippen LogP contribution is 2.26. The smallest absolute Gasteiger partial charge is 0.330 e. The molecular formula is C19H27NO5S. The first-order chi connectivity index (χ1) is 12.3. The standard InChI is InChI=1S/C19H27NO5S/c1-14-4-8-17(9-5-14)26(23)20-16(7-6-15(2)18(21)22)10-11-19(3)24-12-13-25-19/h4-6,8-9,16,20H,7,10-13H2,1-3H3,(H,21,22)/t16-,26?/m1/s1. The van der Waals surface area contributed by atoms with E-state index in [2.05, 4.69) is 4.72 Å². The van der Waals surface area contributed by atoms with Gasteiger partial charge in [-0.1, -0.05) is 23.8 Å². The van der Waals surface area contributed by atoms with Crippen LogP contribution in [-0.4, -0.2) is 40.7 Å². The first-order valence-corrected chi connectivity index (χ1v) is 9.87. The summed E-state index contributed by atoms with van der Waals surface area (Å²) in [5.41, 5.74) is 1.38. The Morgan fingerprint density at radius 1 is 1.38 bits per heavy atom. The first-order valence-electron chi connectivity index (χ1n) is 8.72. The molecule has 26 heavy (non-hydrogen) atoms. The van der Waals surface area contributed by atoms with Crippen molar-refractivity contribution in [3.05, 3.63) is 41.5 Å². The Hall–Kier alpha value is -1.38. The maximum atomic E-state index is 12.6. The van der Waals surface area contributed by atoms with Gasteiger partial charge in [0.2, 0.25) is 0 Å². The number of aryl methyl sites for hydroxylation is 1. The van der Waals surface area contributed by atoms with Crippen molar-refractivity contribution in [3.63, 3.8) is 0 Å². The van der Waals surface area contributed by atoms with Crippen molar-refractivity contribution in [2.24, 2.45) is 0 Å². The Morgan fingerprint density at radius 3 is 2.58 bits per heavy atom. The fraction of sp³-hybridized carbons (Fsp3) is 0.526. The first kappa shape index (κ1) is 20.9. The van der Waals surface area contributed by atoms with E-state index in [0.29, 0.717) is 37.4 Å². The Kier molecular flexibility index (Phi) is 7.67. The molecule has 7 heteroatoms. The van der Waals surface area contributed by atoms with E-state index in [4.69, 9.17) is 14.6 Å². The molecule has 0 radical (unpaired) electrons. The lowest BCUT2D eigenvalue weighted by atomic mass is 10.0. The van der Waals surface area contributed by atoms with Crippen LogP contribution in [0.4, 0.5) is 0 Å². The summed E-state index contributed by atoms with van der Waals surface area (Å²) in [6, 6.07) is 7.34. The average Bonchev–Trinajstić information content (AvgIpc) is 3.04. The third-order valence-corrected chi connectivity index (χ3v) is 5.65. The minimum atomic E-state index is -1.37. The number of carboxylic acid groups (broad SMARTS) is 1. The molecule has 0 amide bonds. The number of hydrogen-bond donors (Lipinski definition) is 2. The molecular weight excluding hydrogens is 354 g/mol. The molecule has 1 aromatic carbocycles. The van der Waals surface area contributed by atoms with Gasteiger partial charge in [-0.3, -0.25) is 0 Å². The fourth-order valence-electron chi connectivity index (χ4n) is 2.65. The molecule has 0 aliphatic carbocycles. The van der Waals surface area contributed by atoms with Crippen LogP contribution >= 0.6 is 0 Å². The number of ether oxygens (including phenoxy) is 2. The monoisotopic (exact) mass is 381 g/mol. The van der Waals surface area contributed by atoms with Gasteiger partial charge in [-0.15, -0.1) is 4.72 Å². The van der Waals surface area contributed by atoms with Crippen molar-refractivity contribution in [1.82, 2.24) is 4.72 Å². The van der Waals surface area contributed by atoms with Crippen molar-refractivity contribution in [2.75, 3.05) is 13.2 Å². The summed E-state index contributed by atoms with van der Waals surface area (Å²) in [5, 5.41) is 9.04. The van der Waals surface area contributed by atoms with E-state index in [1.807, 2.05) is 38.1 Å². The third-order valence-electron chi connectivity index (χ3n) is 4.40. The van der Waals surface area contributed by atoms with Crippen molar-refractivity contribution >= 4 is 17.3 Å². The molecule has 1 unspecified atom stereocenters. The molecule has 0 spiro atoms. The van der Waals surface area contributed by atoms with Crippen LogP contribution < -0.4 is 4.72 Å². The molecule has 1 aliphatic rings. The van der Waals surface area contributed by atoms with E-state index in [1.165, 1.54) is 0 Å². The van der Waals surface area contributed by atoms with Crippen LogP contribution in [0.5, 0.6) is 0 Å². The largest absolute Gasteiger partial charge is 0.593 e. The Balaban J connectivity index is 2.02. The number of rotatable bonds is 9. The minimum absolute atomic E-state index is 0.156. The van der Waals surface area contributed by atoms with E-state index < -0.39 is 23.1 Å². The Labute approximate surface area is 157 Å². The van der Waals surface area contributed by atoms with Crippen LogP contribution in [0.25, 0.3) is 0 Å². The molecule has 1 saturated heterocycles. The number of hydrogen-bond acceptors (Lipinski definition) is 5. The molecule has 144 valence electrons. The second-order valence-corrected chi connectivity index (χ2v) is 7.94. The number of aliphatic carboxylic acids is 1. The highest BCUT2D eigenvalue weighted by atomic mass is 32.2. The second kappa shape index (κ2) is 9.53. The number of carboxylic acids is 1. The van der Waals surface area contributed by atoms with Gasteiger partial charge >= 0.3 is 5.97 Å². The summed E-state index contributed by atoms with van der Waals surface area (Å²) in [7, 11) is 0. The quantitative estimate of drug-likeness (QED) is 0.505. The van der Waals surface area contributed by atoms with Crippen LogP contribution in [0.3, 0.4) is 0 Å². The molecule has 2 atom stereocenters. The summed E-state index contributed by atoms with van der Waals surface area (Å²) in [5.74, 6) is -1.57. The topological polar surface area (TPSA) is 90.9 Å². The molecule has 1 aliphatic heterocycles. The Morgan fingerprint density at radius 2 is 2.00 bits per heavy atom. The van der Waals surface area contributed by atoms with Crippen molar-refractivity contribution in [3.8, 4) is 0 Å². The van der Waals surface area contributed by atoms with Crippen molar-refractivity contribution < 1.29 is 23.9 Å². The second-order valence-electron chi connectivity index (χ2n) is 6.69. The average molecular weight is 381 g/mol. The van der Waals surface area contributed by atoms with E-state index in [9.17, 15) is 9.35 Å². The molecule has 6 nitrogen and oxygen atoms in total. The Bertz CT molecular complexity index is 625. The van der Waals surface area contributed by atoms with Crippen LogP contribution in [0.15, 0.2) is 40.8 Å². The van der Waals surface area contributed by atoms with Crippen LogP contribution in [-0.2, 0) is 25.6 Å². The predicted molar refractivity (Wildman–Crippen MR) is 100 cm³/mol. The lowest BCUT2D eigenvalue weighted by Gasteiger charge is -2.25. The zero-order valence-corrected chi connectivity index (χ0v) is 16.3. The lowest BCUT2D eigenvalue weighted by molar-refractivity contribution is -0.148. The predicted octanol–water partition coefficient (Wildman–Crippen LogP) is 2.94. The zero-order valence-electron chi connectivity index (χ0n) is 15.5. The molecule has 1 aromatic rings. The van der Waals surface area contributed by atoms with Gasteiger partial charge in [0, 0.05) is 12.0 Å². The van der Waals surface area contributed by atoms with Crippen molar-refractivity contribution in [1.29, 1.82) is 0 Å². The molecule has 2 N–H and O–H groups in total. The van der Waals surface area contributed by atoms with Gasteiger partial charge in [-0.25, -0.2) is 4.79 Å². The van der Waals surface area contributed by atoms with E-state index >= 15 is 0 Å². The summed E-state index contributed by atoms with van der Waals surface area (Å²) in [6.45, 7) is 6.57. The summed E-state index contributed by atoms with van der Waals surface area (Å²) >= 11 is -1.37. The SMILES string of the molecule is CC(=CC[C@H](CCC1(C)OCCO1)N[S+]([O-])c1ccc(C)cc1)C(=O)O. The van der Waals surface area contributed by atoms with Gasteiger partial charge < -0.3 is 19.1 Å². The zero-order chi connectivity index (χ0) is 19.2. The third kappa shape index (κ3) is 6.41. The number of carbonyl (C=O) groups is 1. The maximum Gasteiger partial charge on any atom is 0.330 e. The van der Waals surface area contributed by atoms with E-state index in [0.717, 1.165) is 5.56 Å². The summed E-state index contributed by atoms with van der Waals surface area (Å²) < 4.78 is 27.0. The van der Waals surface area contributed by atoms with Crippen LogP contribution in [0, 0.1) is 6.92 Å². The van der Waals surface area contributed by atoms with E-state index in [1.54, 1.807) is 13.0 Å². The van der Waals surface area contributed by atoms with Gasteiger partial charge in [0.15, 0.2) is 10.7 Å².